The summed E-state index contributed by atoms with van der Waals surface area (Å²) in [5, 5.41) is 3.50. The molecule has 3 nitrogen and oxygen atoms in total. The Kier molecular flexibility index (Phi) is 2.03. The van der Waals surface area contributed by atoms with Crippen molar-refractivity contribution >= 4 is 5.69 Å². The van der Waals surface area contributed by atoms with Crippen LogP contribution >= 0.6 is 0 Å². The molecule has 1 N–H and O–H groups in total. The molecule has 1 spiro atoms. The summed E-state index contributed by atoms with van der Waals surface area (Å²) in [6.07, 6.45) is 3.83. The second-order valence-corrected chi connectivity index (χ2v) is 4.89. The fourth-order valence-electron chi connectivity index (χ4n) is 2.51. The van der Waals surface area contributed by atoms with Crippen LogP contribution in [0.2, 0.25) is 0 Å². The van der Waals surface area contributed by atoms with Crippen molar-refractivity contribution in [1.29, 1.82) is 0 Å². The van der Waals surface area contributed by atoms with E-state index in [0.29, 0.717) is 5.41 Å². The predicted molar refractivity (Wildman–Crippen MR) is 63.4 cm³/mol. The Hall–Kier alpha value is -1.38. The van der Waals surface area contributed by atoms with Gasteiger partial charge in [0.1, 0.15) is 11.5 Å². The van der Waals surface area contributed by atoms with Crippen LogP contribution < -0.4 is 14.8 Å². The number of rotatable bonds is 2. The summed E-state index contributed by atoms with van der Waals surface area (Å²) in [7, 11) is 3.41. The standard InChI is InChI=1S/C13H17NO2/c1-15-9-5-11-10(12(6-9)16-2)7-13(3-4-13)8-14-11/h5-6,14H,3-4,7-8H2,1-2H3. The van der Waals surface area contributed by atoms with Crippen molar-refractivity contribution in [3.05, 3.63) is 17.7 Å². The predicted octanol–water partition coefficient (Wildman–Crippen LogP) is 2.45. The summed E-state index contributed by atoms with van der Waals surface area (Å²) in [5.41, 5.74) is 3.01. The molecular weight excluding hydrogens is 202 g/mol. The molecule has 1 aromatic carbocycles. The lowest BCUT2D eigenvalue weighted by Crippen LogP contribution is -2.24. The number of hydrogen-bond acceptors (Lipinski definition) is 3. The molecule has 0 atom stereocenters. The van der Waals surface area contributed by atoms with E-state index in [2.05, 4.69) is 11.4 Å². The Morgan fingerprint density at radius 2 is 2.00 bits per heavy atom. The minimum absolute atomic E-state index is 0.523. The van der Waals surface area contributed by atoms with E-state index in [-0.39, 0.29) is 0 Å². The van der Waals surface area contributed by atoms with Gasteiger partial charge in [0.05, 0.1) is 14.2 Å². The van der Waals surface area contributed by atoms with Gasteiger partial charge in [-0.1, -0.05) is 0 Å². The molecule has 3 heteroatoms. The van der Waals surface area contributed by atoms with Gasteiger partial charge in [-0.05, 0) is 24.7 Å². The van der Waals surface area contributed by atoms with Crippen LogP contribution in [0.25, 0.3) is 0 Å². The van der Waals surface area contributed by atoms with Gasteiger partial charge in [-0.2, -0.15) is 0 Å². The largest absolute Gasteiger partial charge is 0.497 e. The molecule has 2 aliphatic rings. The van der Waals surface area contributed by atoms with Gasteiger partial charge < -0.3 is 14.8 Å². The quantitative estimate of drug-likeness (QED) is 0.828. The van der Waals surface area contributed by atoms with Crippen molar-refractivity contribution in [2.45, 2.75) is 19.3 Å². The van der Waals surface area contributed by atoms with Crippen molar-refractivity contribution in [2.24, 2.45) is 5.41 Å². The first kappa shape index (κ1) is 9.82. The topological polar surface area (TPSA) is 30.5 Å². The summed E-state index contributed by atoms with van der Waals surface area (Å²) in [4.78, 5) is 0. The van der Waals surface area contributed by atoms with Crippen LogP contribution in [0, 0.1) is 5.41 Å². The molecule has 0 radical (unpaired) electrons. The van der Waals surface area contributed by atoms with Crippen molar-refractivity contribution in [3.8, 4) is 11.5 Å². The first-order chi connectivity index (χ1) is 7.76. The summed E-state index contributed by atoms with van der Waals surface area (Å²) in [5.74, 6) is 1.81. The molecule has 1 aliphatic carbocycles. The number of methoxy groups -OCH3 is 2. The fraction of sp³-hybridized carbons (Fsp3) is 0.538. The van der Waals surface area contributed by atoms with Gasteiger partial charge in [-0.3, -0.25) is 0 Å². The average molecular weight is 219 g/mol. The molecule has 0 saturated heterocycles. The summed E-state index contributed by atoms with van der Waals surface area (Å²) < 4.78 is 10.7. The molecule has 1 saturated carbocycles. The van der Waals surface area contributed by atoms with Crippen LogP contribution in [-0.4, -0.2) is 20.8 Å². The maximum atomic E-state index is 5.46. The lowest BCUT2D eigenvalue weighted by Gasteiger charge is -2.27. The molecule has 3 rings (SSSR count). The second kappa shape index (κ2) is 3.30. The average Bonchev–Trinajstić information content (AvgIpc) is 3.07. The highest BCUT2D eigenvalue weighted by molar-refractivity contribution is 5.64. The third-order valence-electron chi connectivity index (χ3n) is 3.80. The number of benzene rings is 1. The Balaban J connectivity index is 2.04. The van der Waals surface area contributed by atoms with Crippen LogP contribution in [0.15, 0.2) is 12.1 Å². The number of hydrogen-bond donors (Lipinski definition) is 1. The third kappa shape index (κ3) is 1.42. The van der Waals surface area contributed by atoms with Gasteiger partial charge in [0.25, 0.3) is 0 Å². The van der Waals surface area contributed by atoms with Crippen LogP contribution in [0.4, 0.5) is 5.69 Å². The lowest BCUT2D eigenvalue weighted by molar-refractivity contribution is 0.385. The van der Waals surface area contributed by atoms with Crippen molar-refractivity contribution in [1.82, 2.24) is 0 Å². The van der Waals surface area contributed by atoms with Gasteiger partial charge >= 0.3 is 0 Å². The summed E-state index contributed by atoms with van der Waals surface area (Å²) in [6.45, 7) is 1.09. The zero-order chi connectivity index (χ0) is 11.2. The van der Waals surface area contributed by atoms with Crippen molar-refractivity contribution < 1.29 is 9.47 Å². The van der Waals surface area contributed by atoms with E-state index >= 15 is 0 Å². The molecule has 0 aromatic heterocycles. The monoisotopic (exact) mass is 219 g/mol. The fourth-order valence-corrected chi connectivity index (χ4v) is 2.51. The highest BCUT2D eigenvalue weighted by Gasteiger charge is 2.45. The van der Waals surface area contributed by atoms with Gasteiger partial charge in [-0.15, -0.1) is 0 Å². The highest BCUT2D eigenvalue weighted by atomic mass is 16.5. The van der Waals surface area contributed by atoms with Crippen LogP contribution in [0.5, 0.6) is 11.5 Å². The van der Waals surface area contributed by atoms with E-state index in [4.69, 9.17) is 9.47 Å². The molecule has 1 heterocycles. The molecule has 0 bridgehead atoms. The Morgan fingerprint density at radius 1 is 1.19 bits per heavy atom. The van der Waals surface area contributed by atoms with Gasteiger partial charge in [0, 0.05) is 29.9 Å². The SMILES string of the molecule is COc1cc2c(c(OC)c1)CC1(CC1)CN2. The van der Waals surface area contributed by atoms with E-state index in [1.807, 2.05) is 6.07 Å². The van der Waals surface area contributed by atoms with E-state index in [1.165, 1.54) is 24.1 Å². The highest BCUT2D eigenvalue weighted by Crippen LogP contribution is 2.53. The van der Waals surface area contributed by atoms with E-state index in [0.717, 1.165) is 24.5 Å². The number of nitrogens with one attached hydrogen (secondary N) is 1. The Morgan fingerprint density at radius 3 is 2.62 bits per heavy atom. The zero-order valence-corrected chi connectivity index (χ0v) is 9.80. The van der Waals surface area contributed by atoms with Crippen LogP contribution in [0.1, 0.15) is 18.4 Å². The van der Waals surface area contributed by atoms with Gasteiger partial charge in [-0.25, -0.2) is 0 Å². The summed E-state index contributed by atoms with van der Waals surface area (Å²) >= 11 is 0. The third-order valence-corrected chi connectivity index (χ3v) is 3.80. The molecule has 16 heavy (non-hydrogen) atoms. The smallest absolute Gasteiger partial charge is 0.127 e. The number of anilines is 1. The maximum Gasteiger partial charge on any atom is 0.127 e. The normalized spacial score (nSPS) is 19.9. The maximum absolute atomic E-state index is 5.46. The minimum Gasteiger partial charge on any atom is -0.497 e. The Bertz CT molecular complexity index is 407. The molecule has 0 amide bonds. The molecule has 1 fully saturated rings. The summed E-state index contributed by atoms with van der Waals surface area (Å²) in [6, 6.07) is 4.04. The molecule has 0 unspecified atom stereocenters. The van der Waals surface area contributed by atoms with Crippen LogP contribution in [-0.2, 0) is 6.42 Å². The first-order valence-corrected chi connectivity index (χ1v) is 5.75. The van der Waals surface area contributed by atoms with E-state index in [9.17, 15) is 0 Å². The first-order valence-electron chi connectivity index (χ1n) is 5.75. The van der Waals surface area contributed by atoms with Crippen molar-refractivity contribution in [3.63, 3.8) is 0 Å². The Labute approximate surface area is 95.8 Å². The van der Waals surface area contributed by atoms with Crippen molar-refractivity contribution in [2.75, 3.05) is 26.1 Å². The zero-order valence-electron chi connectivity index (χ0n) is 9.80. The minimum atomic E-state index is 0.523. The molecule has 1 aliphatic heterocycles. The lowest BCUT2D eigenvalue weighted by atomic mass is 9.90. The van der Waals surface area contributed by atoms with E-state index in [1.54, 1.807) is 14.2 Å². The van der Waals surface area contributed by atoms with Gasteiger partial charge in [0.2, 0.25) is 0 Å². The van der Waals surface area contributed by atoms with E-state index < -0.39 is 0 Å². The van der Waals surface area contributed by atoms with Crippen LogP contribution in [0.3, 0.4) is 0 Å². The number of fused-ring (bicyclic) bond motifs is 1. The molecule has 86 valence electrons. The van der Waals surface area contributed by atoms with Gasteiger partial charge in [0.15, 0.2) is 0 Å². The molecular formula is C13H17NO2. The second-order valence-electron chi connectivity index (χ2n) is 4.89. The number of ether oxygens (including phenoxy) is 2. The molecule has 1 aromatic rings.